The molecule has 0 bridgehead atoms. The Morgan fingerprint density at radius 3 is 2.74 bits per heavy atom. The van der Waals surface area contributed by atoms with Crippen molar-refractivity contribution in [3.05, 3.63) is 59.4 Å². The van der Waals surface area contributed by atoms with E-state index in [1.807, 2.05) is 0 Å². The maximum absolute atomic E-state index is 13.7. The molecule has 0 saturated carbocycles. The number of halogens is 1. The van der Waals surface area contributed by atoms with E-state index in [1.54, 1.807) is 30.0 Å². The zero-order chi connectivity index (χ0) is 19.6. The minimum Gasteiger partial charge on any atom is -0.337 e. The third-order valence-corrected chi connectivity index (χ3v) is 5.94. The van der Waals surface area contributed by atoms with E-state index in [4.69, 9.17) is 5.73 Å². The smallest absolute Gasteiger partial charge is 0.261 e. The van der Waals surface area contributed by atoms with Crippen molar-refractivity contribution < 1.29 is 17.6 Å². The average Bonchev–Trinajstić information content (AvgIpc) is 2.63. The summed E-state index contributed by atoms with van der Waals surface area (Å²) in [7, 11) is -3.96. The Morgan fingerprint density at radius 1 is 1.26 bits per heavy atom. The molecule has 1 amide bonds. The third kappa shape index (κ3) is 4.45. The first kappa shape index (κ1) is 19.3. The number of rotatable bonds is 4. The summed E-state index contributed by atoms with van der Waals surface area (Å²) >= 11 is 0. The van der Waals surface area contributed by atoms with E-state index in [0.29, 0.717) is 24.2 Å². The summed E-state index contributed by atoms with van der Waals surface area (Å²) in [6.45, 7) is 2.67. The molecule has 1 atom stereocenters. The summed E-state index contributed by atoms with van der Waals surface area (Å²) in [6.07, 6.45) is 1.73. The van der Waals surface area contributed by atoms with E-state index in [-0.39, 0.29) is 22.5 Å². The van der Waals surface area contributed by atoms with Gasteiger partial charge >= 0.3 is 0 Å². The van der Waals surface area contributed by atoms with Crippen LogP contribution in [0.3, 0.4) is 0 Å². The first-order valence-electron chi connectivity index (χ1n) is 8.70. The first-order valence-corrected chi connectivity index (χ1v) is 10.2. The summed E-state index contributed by atoms with van der Waals surface area (Å²) in [6, 6.07) is 9.93. The van der Waals surface area contributed by atoms with Gasteiger partial charge in [0.05, 0.1) is 4.90 Å². The molecule has 0 aliphatic carbocycles. The molecule has 0 spiro atoms. The number of nitrogens with zero attached hydrogens (tertiary/aromatic N) is 1. The molecule has 144 valence electrons. The molecule has 1 heterocycles. The summed E-state index contributed by atoms with van der Waals surface area (Å²) in [5.41, 5.74) is 6.90. The van der Waals surface area contributed by atoms with Crippen molar-refractivity contribution in [2.45, 2.75) is 30.7 Å². The molecule has 1 aliphatic rings. The lowest BCUT2D eigenvalue weighted by molar-refractivity contribution is 0.0709. The number of aryl methyl sites for hydroxylation is 1. The molecule has 0 aromatic heterocycles. The van der Waals surface area contributed by atoms with Crippen molar-refractivity contribution >= 4 is 21.6 Å². The summed E-state index contributed by atoms with van der Waals surface area (Å²) in [4.78, 5) is 14.2. The third-order valence-electron chi connectivity index (χ3n) is 4.56. The first-order chi connectivity index (χ1) is 12.8. The second kappa shape index (κ2) is 7.66. The van der Waals surface area contributed by atoms with Gasteiger partial charge in [-0.3, -0.25) is 9.52 Å². The summed E-state index contributed by atoms with van der Waals surface area (Å²) in [5, 5.41) is 0. The van der Waals surface area contributed by atoms with E-state index < -0.39 is 15.8 Å². The molecule has 1 aliphatic heterocycles. The summed E-state index contributed by atoms with van der Waals surface area (Å²) in [5.74, 6) is -0.782. The maximum Gasteiger partial charge on any atom is 0.261 e. The van der Waals surface area contributed by atoms with Gasteiger partial charge in [0.2, 0.25) is 0 Å². The SMILES string of the molecule is Cc1ccc(S(=O)(=O)Nc2cccc(C(=O)N3CCCC(N)C3)c2)cc1F. The Morgan fingerprint density at radius 2 is 2.04 bits per heavy atom. The predicted octanol–water partition coefficient (Wildman–Crippen LogP) is 2.50. The predicted molar refractivity (Wildman–Crippen MR) is 102 cm³/mol. The van der Waals surface area contributed by atoms with E-state index in [9.17, 15) is 17.6 Å². The van der Waals surface area contributed by atoms with Crippen LogP contribution in [0.4, 0.5) is 10.1 Å². The highest BCUT2D eigenvalue weighted by atomic mass is 32.2. The van der Waals surface area contributed by atoms with Gasteiger partial charge in [-0.1, -0.05) is 12.1 Å². The van der Waals surface area contributed by atoms with Gasteiger partial charge in [-0.2, -0.15) is 0 Å². The minimum atomic E-state index is -3.96. The van der Waals surface area contributed by atoms with Crippen LogP contribution < -0.4 is 10.5 Å². The van der Waals surface area contributed by atoms with Crippen LogP contribution in [0.2, 0.25) is 0 Å². The lowest BCUT2D eigenvalue weighted by Crippen LogP contribution is -2.45. The molecule has 6 nitrogen and oxygen atoms in total. The second-order valence-electron chi connectivity index (χ2n) is 6.75. The molecule has 1 unspecified atom stereocenters. The minimum absolute atomic E-state index is 0.0409. The van der Waals surface area contributed by atoms with Crippen LogP contribution in [0.1, 0.15) is 28.8 Å². The molecular formula is C19H22FN3O3S. The van der Waals surface area contributed by atoms with Gasteiger partial charge in [0.25, 0.3) is 15.9 Å². The van der Waals surface area contributed by atoms with E-state index in [1.165, 1.54) is 18.2 Å². The number of amides is 1. The van der Waals surface area contributed by atoms with Crippen molar-refractivity contribution in [1.82, 2.24) is 4.90 Å². The van der Waals surface area contributed by atoms with Gasteiger partial charge in [-0.15, -0.1) is 0 Å². The molecule has 1 saturated heterocycles. The fraction of sp³-hybridized carbons (Fsp3) is 0.316. The number of anilines is 1. The average molecular weight is 391 g/mol. The molecule has 27 heavy (non-hydrogen) atoms. The number of nitrogens with two attached hydrogens (primary N) is 1. The van der Waals surface area contributed by atoms with Crippen LogP contribution in [0.5, 0.6) is 0 Å². The number of benzene rings is 2. The van der Waals surface area contributed by atoms with Gasteiger partial charge in [0.1, 0.15) is 5.82 Å². The number of piperidine rings is 1. The second-order valence-corrected chi connectivity index (χ2v) is 8.43. The number of hydrogen-bond donors (Lipinski definition) is 2. The van der Waals surface area contributed by atoms with Crippen molar-refractivity contribution in [3.63, 3.8) is 0 Å². The van der Waals surface area contributed by atoms with Crippen molar-refractivity contribution in [3.8, 4) is 0 Å². The monoisotopic (exact) mass is 391 g/mol. The van der Waals surface area contributed by atoms with Gasteiger partial charge in [0, 0.05) is 30.4 Å². The van der Waals surface area contributed by atoms with E-state index in [2.05, 4.69) is 4.72 Å². The number of carbonyl (C=O) groups excluding carboxylic acids is 1. The van der Waals surface area contributed by atoms with Gasteiger partial charge in [0.15, 0.2) is 0 Å². The topological polar surface area (TPSA) is 92.5 Å². The van der Waals surface area contributed by atoms with Crippen LogP contribution in [-0.4, -0.2) is 38.4 Å². The van der Waals surface area contributed by atoms with Crippen molar-refractivity contribution in [2.75, 3.05) is 17.8 Å². The van der Waals surface area contributed by atoms with Crippen LogP contribution in [0.15, 0.2) is 47.4 Å². The zero-order valence-corrected chi connectivity index (χ0v) is 15.8. The Hall–Kier alpha value is -2.45. The number of carbonyl (C=O) groups is 1. The lowest BCUT2D eigenvalue weighted by atomic mass is 10.1. The number of sulfonamides is 1. The maximum atomic E-state index is 13.7. The van der Waals surface area contributed by atoms with E-state index >= 15 is 0 Å². The standard InChI is InChI=1S/C19H22FN3O3S/c1-13-7-8-17(11-18(13)20)27(25,26)22-16-6-2-4-14(10-16)19(24)23-9-3-5-15(21)12-23/h2,4,6-8,10-11,15,22H,3,5,9,12,21H2,1H3. The Bertz CT molecular complexity index is 962. The summed E-state index contributed by atoms with van der Waals surface area (Å²) < 4.78 is 41.1. The molecular weight excluding hydrogens is 369 g/mol. The molecule has 1 fully saturated rings. The highest BCUT2D eigenvalue weighted by molar-refractivity contribution is 7.92. The van der Waals surface area contributed by atoms with Gasteiger partial charge in [-0.25, -0.2) is 12.8 Å². The molecule has 8 heteroatoms. The largest absolute Gasteiger partial charge is 0.337 e. The Labute approximate surface area is 158 Å². The molecule has 2 aromatic rings. The fourth-order valence-electron chi connectivity index (χ4n) is 3.05. The van der Waals surface area contributed by atoms with E-state index in [0.717, 1.165) is 18.9 Å². The molecule has 3 N–H and O–H groups in total. The quantitative estimate of drug-likeness (QED) is 0.838. The van der Waals surface area contributed by atoms with Gasteiger partial charge in [-0.05, 0) is 55.7 Å². The number of hydrogen-bond acceptors (Lipinski definition) is 4. The van der Waals surface area contributed by atoms with Crippen LogP contribution in [0, 0.1) is 12.7 Å². The molecule has 2 aromatic carbocycles. The highest BCUT2D eigenvalue weighted by Gasteiger charge is 2.23. The normalized spacial score (nSPS) is 17.6. The highest BCUT2D eigenvalue weighted by Crippen LogP contribution is 2.21. The lowest BCUT2D eigenvalue weighted by Gasteiger charge is -2.30. The zero-order valence-electron chi connectivity index (χ0n) is 15.0. The van der Waals surface area contributed by atoms with Crippen LogP contribution in [0.25, 0.3) is 0 Å². The van der Waals surface area contributed by atoms with Crippen molar-refractivity contribution in [2.24, 2.45) is 5.73 Å². The van der Waals surface area contributed by atoms with Gasteiger partial charge < -0.3 is 10.6 Å². The molecule has 3 rings (SSSR count). The Balaban J connectivity index is 1.80. The van der Waals surface area contributed by atoms with Crippen LogP contribution >= 0.6 is 0 Å². The molecule has 0 radical (unpaired) electrons. The van der Waals surface area contributed by atoms with Crippen LogP contribution in [-0.2, 0) is 10.0 Å². The number of nitrogens with one attached hydrogen (secondary N) is 1. The number of likely N-dealkylation sites (tertiary alicyclic amines) is 1. The van der Waals surface area contributed by atoms with Crippen molar-refractivity contribution in [1.29, 1.82) is 0 Å². The fourth-order valence-corrected chi connectivity index (χ4v) is 4.11. The Kier molecular flexibility index (Phi) is 5.48.